The second-order valence-corrected chi connectivity index (χ2v) is 5.53. The normalized spacial score (nSPS) is 18.6. The van der Waals surface area contributed by atoms with E-state index in [-0.39, 0.29) is 6.10 Å². The summed E-state index contributed by atoms with van der Waals surface area (Å²) in [6.45, 7) is 2.90. The summed E-state index contributed by atoms with van der Waals surface area (Å²) in [7, 11) is 3.56. The summed E-state index contributed by atoms with van der Waals surface area (Å²) < 4.78 is 13.1. The van der Waals surface area contributed by atoms with Crippen LogP contribution in [0.4, 0.5) is 0 Å². The highest BCUT2D eigenvalue weighted by Gasteiger charge is 2.26. The fourth-order valence-corrected chi connectivity index (χ4v) is 2.80. The summed E-state index contributed by atoms with van der Waals surface area (Å²) in [6.07, 6.45) is 1.58. The van der Waals surface area contributed by atoms with E-state index in [2.05, 4.69) is 21.2 Å². The standard InChI is InChI=1S/C16H19N5O2/c1-20-11-18-19-16(20)15-10-21(5-6-23-15)9-13-7-12(8-17)3-4-14(13)22-2/h3-4,7,11,15H,5-6,9-10H2,1-2H3. The second-order valence-electron chi connectivity index (χ2n) is 5.53. The molecular weight excluding hydrogens is 294 g/mol. The van der Waals surface area contributed by atoms with E-state index in [9.17, 15) is 0 Å². The van der Waals surface area contributed by atoms with E-state index in [1.807, 2.05) is 23.7 Å². The van der Waals surface area contributed by atoms with E-state index in [0.717, 1.165) is 30.2 Å². The molecule has 23 heavy (non-hydrogen) atoms. The third kappa shape index (κ3) is 3.33. The van der Waals surface area contributed by atoms with Gasteiger partial charge in [0, 0.05) is 32.2 Å². The number of benzene rings is 1. The van der Waals surface area contributed by atoms with Gasteiger partial charge in [0.1, 0.15) is 18.2 Å². The molecule has 2 aromatic rings. The van der Waals surface area contributed by atoms with Crippen molar-refractivity contribution in [3.63, 3.8) is 0 Å². The fourth-order valence-electron chi connectivity index (χ4n) is 2.80. The zero-order valence-electron chi connectivity index (χ0n) is 13.3. The van der Waals surface area contributed by atoms with Gasteiger partial charge in [0.25, 0.3) is 0 Å². The Morgan fingerprint density at radius 1 is 1.48 bits per heavy atom. The monoisotopic (exact) mass is 313 g/mol. The predicted molar refractivity (Wildman–Crippen MR) is 82.7 cm³/mol. The predicted octanol–water partition coefficient (Wildman–Crippen LogP) is 1.27. The van der Waals surface area contributed by atoms with E-state index >= 15 is 0 Å². The molecule has 7 heteroatoms. The molecule has 0 bridgehead atoms. The molecule has 1 aromatic heterocycles. The lowest BCUT2D eigenvalue weighted by Gasteiger charge is -2.32. The van der Waals surface area contributed by atoms with Gasteiger partial charge in [0.15, 0.2) is 5.82 Å². The average Bonchev–Trinajstić information content (AvgIpc) is 3.01. The van der Waals surface area contributed by atoms with Crippen LogP contribution < -0.4 is 4.74 Å². The molecule has 1 fully saturated rings. The summed E-state index contributed by atoms with van der Waals surface area (Å²) in [5.74, 6) is 1.62. The van der Waals surface area contributed by atoms with Gasteiger partial charge < -0.3 is 14.0 Å². The molecule has 1 saturated heterocycles. The van der Waals surface area contributed by atoms with Crippen LogP contribution in [0.5, 0.6) is 5.75 Å². The molecule has 0 N–H and O–H groups in total. The van der Waals surface area contributed by atoms with Gasteiger partial charge in [-0.25, -0.2) is 0 Å². The topological polar surface area (TPSA) is 76.2 Å². The van der Waals surface area contributed by atoms with Crippen LogP contribution in [0.2, 0.25) is 0 Å². The maximum Gasteiger partial charge on any atom is 0.163 e. The van der Waals surface area contributed by atoms with Gasteiger partial charge in [-0.1, -0.05) is 0 Å². The van der Waals surface area contributed by atoms with Gasteiger partial charge in [-0.15, -0.1) is 10.2 Å². The van der Waals surface area contributed by atoms with Gasteiger partial charge in [-0.3, -0.25) is 4.90 Å². The quantitative estimate of drug-likeness (QED) is 0.846. The van der Waals surface area contributed by atoms with Crippen molar-refractivity contribution in [2.24, 2.45) is 7.05 Å². The van der Waals surface area contributed by atoms with Crippen LogP contribution in [0, 0.1) is 11.3 Å². The lowest BCUT2D eigenvalue weighted by Crippen LogP contribution is -2.38. The largest absolute Gasteiger partial charge is 0.496 e. The van der Waals surface area contributed by atoms with Crippen LogP contribution in [0.3, 0.4) is 0 Å². The minimum absolute atomic E-state index is 0.0959. The first kappa shape index (κ1) is 15.5. The van der Waals surface area contributed by atoms with Crippen molar-refractivity contribution < 1.29 is 9.47 Å². The molecule has 2 heterocycles. The number of aryl methyl sites for hydroxylation is 1. The number of hydrogen-bond acceptors (Lipinski definition) is 6. The first-order valence-electron chi connectivity index (χ1n) is 7.46. The van der Waals surface area contributed by atoms with Crippen LogP contribution in [-0.4, -0.2) is 46.5 Å². The third-order valence-electron chi connectivity index (χ3n) is 3.99. The molecule has 1 unspecified atom stereocenters. The number of ether oxygens (including phenoxy) is 2. The minimum atomic E-state index is -0.0959. The first-order chi connectivity index (χ1) is 11.2. The van der Waals surface area contributed by atoms with Gasteiger partial charge in [0.05, 0.1) is 25.3 Å². The van der Waals surface area contributed by atoms with Crippen LogP contribution in [0.15, 0.2) is 24.5 Å². The number of rotatable bonds is 4. The van der Waals surface area contributed by atoms with Crippen molar-refractivity contribution in [2.75, 3.05) is 26.8 Å². The molecule has 0 spiro atoms. The van der Waals surface area contributed by atoms with E-state index in [1.54, 1.807) is 19.5 Å². The second kappa shape index (κ2) is 6.77. The molecule has 7 nitrogen and oxygen atoms in total. The van der Waals surface area contributed by atoms with E-state index in [4.69, 9.17) is 14.7 Å². The van der Waals surface area contributed by atoms with E-state index < -0.39 is 0 Å². The van der Waals surface area contributed by atoms with Crippen LogP contribution in [0.25, 0.3) is 0 Å². The Hall–Kier alpha value is -2.43. The Bertz CT molecular complexity index is 722. The van der Waals surface area contributed by atoms with Crippen molar-refractivity contribution in [1.29, 1.82) is 5.26 Å². The number of nitriles is 1. The molecule has 120 valence electrons. The Kier molecular flexibility index (Phi) is 4.55. The zero-order valence-corrected chi connectivity index (χ0v) is 13.3. The van der Waals surface area contributed by atoms with Gasteiger partial charge in [-0.05, 0) is 18.2 Å². The third-order valence-corrected chi connectivity index (χ3v) is 3.99. The molecule has 3 rings (SSSR count). The van der Waals surface area contributed by atoms with Crippen LogP contribution in [0.1, 0.15) is 23.1 Å². The van der Waals surface area contributed by atoms with Gasteiger partial charge in [0.2, 0.25) is 0 Å². The summed E-state index contributed by atoms with van der Waals surface area (Å²) >= 11 is 0. The Morgan fingerprint density at radius 2 is 2.35 bits per heavy atom. The van der Waals surface area contributed by atoms with E-state index in [0.29, 0.717) is 18.7 Å². The first-order valence-corrected chi connectivity index (χ1v) is 7.46. The highest BCUT2D eigenvalue weighted by molar-refractivity contribution is 5.42. The molecule has 1 aromatic carbocycles. The number of morpholine rings is 1. The van der Waals surface area contributed by atoms with E-state index in [1.165, 1.54) is 0 Å². The smallest absolute Gasteiger partial charge is 0.163 e. The molecular formula is C16H19N5O2. The minimum Gasteiger partial charge on any atom is -0.496 e. The summed E-state index contributed by atoms with van der Waals surface area (Å²) in [5.41, 5.74) is 1.64. The average molecular weight is 313 g/mol. The molecule has 1 aliphatic rings. The molecule has 0 radical (unpaired) electrons. The number of methoxy groups -OCH3 is 1. The van der Waals surface area contributed by atoms with Crippen LogP contribution >= 0.6 is 0 Å². The lowest BCUT2D eigenvalue weighted by molar-refractivity contribution is -0.0387. The number of aromatic nitrogens is 3. The lowest BCUT2D eigenvalue weighted by atomic mass is 10.1. The molecule has 0 aliphatic carbocycles. The van der Waals surface area contributed by atoms with Crippen molar-refractivity contribution >= 4 is 0 Å². The summed E-state index contributed by atoms with van der Waals surface area (Å²) in [4.78, 5) is 2.28. The summed E-state index contributed by atoms with van der Waals surface area (Å²) in [6, 6.07) is 7.66. The Morgan fingerprint density at radius 3 is 3.04 bits per heavy atom. The maximum absolute atomic E-state index is 9.09. The summed E-state index contributed by atoms with van der Waals surface area (Å²) in [5, 5.41) is 17.1. The van der Waals surface area contributed by atoms with Crippen molar-refractivity contribution in [3.8, 4) is 11.8 Å². The number of nitrogens with zero attached hydrogens (tertiary/aromatic N) is 5. The number of hydrogen-bond donors (Lipinski definition) is 0. The maximum atomic E-state index is 9.09. The molecule has 0 amide bonds. The van der Waals surface area contributed by atoms with Crippen molar-refractivity contribution in [1.82, 2.24) is 19.7 Å². The SMILES string of the molecule is COc1ccc(C#N)cc1CN1CCOC(c2nncn2C)C1. The molecule has 1 aliphatic heterocycles. The van der Waals surface area contributed by atoms with Gasteiger partial charge in [-0.2, -0.15) is 5.26 Å². The highest BCUT2D eigenvalue weighted by Crippen LogP contribution is 2.25. The Balaban J connectivity index is 1.75. The van der Waals surface area contributed by atoms with Crippen LogP contribution in [-0.2, 0) is 18.3 Å². The van der Waals surface area contributed by atoms with Gasteiger partial charge >= 0.3 is 0 Å². The fraction of sp³-hybridized carbons (Fsp3) is 0.438. The molecule has 1 atom stereocenters. The highest BCUT2D eigenvalue weighted by atomic mass is 16.5. The Labute approximate surface area is 135 Å². The zero-order chi connectivity index (χ0) is 16.2. The van der Waals surface area contributed by atoms with Crippen molar-refractivity contribution in [3.05, 3.63) is 41.5 Å². The van der Waals surface area contributed by atoms with Crippen molar-refractivity contribution in [2.45, 2.75) is 12.6 Å². The molecule has 0 saturated carbocycles.